The van der Waals surface area contributed by atoms with Gasteiger partial charge in [0.1, 0.15) is 0 Å². The van der Waals surface area contributed by atoms with Crippen molar-refractivity contribution in [2.75, 3.05) is 26.2 Å². The number of hydrogen-bond donors (Lipinski definition) is 1. The molecule has 0 radical (unpaired) electrons. The molecule has 1 aromatic carbocycles. The molecule has 1 aromatic rings. The van der Waals surface area contributed by atoms with Crippen LogP contribution in [0.1, 0.15) is 43.7 Å². The van der Waals surface area contributed by atoms with Gasteiger partial charge in [0.15, 0.2) is 0 Å². The smallest absolute Gasteiger partial charge is 0.0102 e. The maximum atomic E-state index is 6.17. The summed E-state index contributed by atoms with van der Waals surface area (Å²) in [4.78, 5) is 2.61. The third-order valence-electron chi connectivity index (χ3n) is 4.75. The minimum Gasteiger partial charge on any atom is -0.330 e. The van der Waals surface area contributed by atoms with Crippen molar-refractivity contribution >= 4 is 0 Å². The zero-order valence-corrected chi connectivity index (χ0v) is 12.5. The molecule has 0 aromatic heterocycles. The molecule has 1 aliphatic heterocycles. The monoisotopic (exact) mass is 260 g/mol. The molecule has 19 heavy (non-hydrogen) atoms. The Kier molecular flexibility index (Phi) is 5.00. The molecule has 0 atom stereocenters. The average molecular weight is 260 g/mol. The quantitative estimate of drug-likeness (QED) is 0.881. The van der Waals surface area contributed by atoms with E-state index in [0.717, 1.165) is 6.54 Å². The number of piperidine rings is 1. The largest absolute Gasteiger partial charge is 0.330 e. The highest BCUT2D eigenvalue weighted by Gasteiger charge is 2.35. The highest BCUT2D eigenvalue weighted by molar-refractivity contribution is 5.34. The number of nitrogens with two attached hydrogens (primary N) is 1. The van der Waals surface area contributed by atoms with Crippen LogP contribution in [0.4, 0.5) is 0 Å². The predicted molar refractivity (Wildman–Crippen MR) is 82.5 cm³/mol. The molecule has 0 spiro atoms. The summed E-state index contributed by atoms with van der Waals surface area (Å²) >= 11 is 0. The topological polar surface area (TPSA) is 29.3 Å². The van der Waals surface area contributed by atoms with Crippen molar-refractivity contribution in [3.8, 4) is 0 Å². The number of likely N-dealkylation sites (tertiary alicyclic amines) is 1. The third kappa shape index (κ3) is 3.18. The highest BCUT2D eigenvalue weighted by atomic mass is 15.1. The van der Waals surface area contributed by atoms with Crippen LogP contribution in [-0.4, -0.2) is 31.1 Å². The fraction of sp³-hybridized carbons (Fsp3) is 0.647. The number of aryl methyl sites for hydroxylation is 1. The van der Waals surface area contributed by atoms with Gasteiger partial charge in [-0.15, -0.1) is 0 Å². The first-order valence-electron chi connectivity index (χ1n) is 7.70. The van der Waals surface area contributed by atoms with Gasteiger partial charge in [-0.2, -0.15) is 0 Å². The number of benzene rings is 1. The minimum absolute atomic E-state index is 0.216. The first-order valence-corrected chi connectivity index (χ1v) is 7.70. The van der Waals surface area contributed by atoms with Crippen LogP contribution in [0.2, 0.25) is 0 Å². The SMILES string of the molecule is CCCCN1CCC(CN)(c2ccccc2C)CC1. The molecule has 0 amide bonds. The summed E-state index contributed by atoms with van der Waals surface area (Å²) in [6.45, 7) is 8.92. The van der Waals surface area contributed by atoms with Crippen LogP contribution in [0.25, 0.3) is 0 Å². The van der Waals surface area contributed by atoms with E-state index in [1.807, 2.05) is 0 Å². The molecule has 0 unspecified atom stereocenters. The summed E-state index contributed by atoms with van der Waals surface area (Å²) in [7, 11) is 0. The lowest BCUT2D eigenvalue weighted by Gasteiger charge is -2.42. The lowest BCUT2D eigenvalue weighted by molar-refractivity contribution is 0.160. The van der Waals surface area contributed by atoms with Gasteiger partial charge in [-0.1, -0.05) is 37.6 Å². The Morgan fingerprint density at radius 1 is 1.21 bits per heavy atom. The van der Waals surface area contributed by atoms with E-state index in [1.54, 1.807) is 0 Å². The van der Waals surface area contributed by atoms with Crippen molar-refractivity contribution in [3.05, 3.63) is 35.4 Å². The molecule has 106 valence electrons. The molecule has 0 aliphatic carbocycles. The normalized spacial score (nSPS) is 19.5. The summed E-state index contributed by atoms with van der Waals surface area (Å²) in [5.41, 5.74) is 9.26. The van der Waals surface area contributed by atoms with Crippen LogP contribution in [0.5, 0.6) is 0 Å². The molecular formula is C17H28N2. The van der Waals surface area contributed by atoms with Gasteiger partial charge in [-0.05, 0) is 56.9 Å². The maximum absolute atomic E-state index is 6.17. The molecule has 0 bridgehead atoms. The van der Waals surface area contributed by atoms with Gasteiger partial charge in [0.2, 0.25) is 0 Å². The van der Waals surface area contributed by atoms with Gasteiger partial charge >= 0.3 is 0 Å². The lowest BCUT2D eigenvalue weighted by atomic mass is 9.71. The second-order valence-electron chi connectivity index (χ2n) is 5.99. The summed E-state index contributed by atoms with van der Waals surface area (Å²) in [6, 6.07) is 8.78. The zero-order valence-electron chi connectivity index (χ0n) is 12.5. The van der Waals surface area contributed by atoms with Gasteiger partial charge in [0.05, 0.1) is 0 Å². The molecular weight excluding hydrogens is 232 g/mol. The van der Waals surface area contributed by atoms with E-state index in [0.29, 0.717) is 0 Å². The van der Waals surface area contributed by atoms with Crippen LogP contribution < -0.4 is 5.73 Å². The van der Waals surface area contributed by atoms with Crippen molar-refractivity contribution in [1.82, 2.24) is 4.90 Å². The average Bonchev–Trinajstić information content (AvgIpc) is 2.46. The van der Waals surface area contributed by atoms with Gasteiger partial charge < -0.3 is 10.6 Å². The van der Waals surface area contributed by atoms with Crippen molar-refractivity contribution in [1.29, 1.82) is 0 Å². The zero-order chi connectivity index (χ0) is 13.7. The molecule has 1 saturated heterocycles. The number of unbranched alkanes of at least 4 members (excludes halogenated alkanes) is 1. The van der Waals surface area contributed by atoms with Crippen LogP contribution >= 0.6 is 0 Å². The summed E-state index contributed by atoms with van der Waals surface area (Å²) in [5, 5.41) is 0. The van der Waals surface area contributed by atoms with Crippen LogP contribution in [0.15, 0.2) is 24.3 Å². The summed E-state index contributed by atoms with van der Waals surface area (Å²) in [6.07, 6.45) is 5.02. The van der Waals surface area contributed by atoms with Crippen LogP contribution in [0, 0.1) is 6.92 Å². The highest BCUT2D eigenvalue weighted by Crippen LogP contribution is 2.36. The van der Waals surface area contributed by atoms with E-state index >= 15 is 0 Å². The predicted octanol–water partition coefficient (Wildman–Crippen LogP) is 3.09. The summed E-state index contributed by atoms with van der Waals surface area (Å²) in [5.74, 6) is 0. The first kappa shape index (κ1) is 14.5. The maximum Gasteiger partial charge on any atom is 0.0102 e. The first-order chi connectivity index (χ1) is 9.22. The van der Waals surface area contributed by atoms with Crippen LogP contribution in [-0.2, 0) is 5.41 Å². The number of hydrogen-bond acceptors (Lipinski definition) is 2. The molecule has 2 heteroatoms. The Balaban J connectivity index is 2.08. The van der Waals surface area contributed by atoms with E-state index in [2.05, 4.69) is 43.0 Å². The third-order valence-corrected chi connectivity index (χ3v) is 4.75. The summed E-state index contributed by atoms with van der Waals surface area (Å²) < 4.78 is 0. The second-order valence-corrected chi connectivity index (χ2v) is 5.99. The van der Waals surface area contributed by atoms with E-state index < -0.39 is 0 Å². The lowest BCUT2D eigenvalue weighted by Crippen LogP contribution is -2.47. The Bertz CT molecular complexity index is 392. The number of rotatable bonds is 5. The molecule has 1 aliphatic rings. The molecule has 1 fully saturated rings. The van der Waals surface area contributed by atoms with Gasteiger partial charge in [-0.25, -0.2) is 0 Å². The van der Waals surface area contributed by atoms with E-state index in [1.165, 1.54) is 56.4 Å². The fourth-order valence-electron chi connectivity index (χ4n) is 3.34. The van der Waals surface area contributed by atoms with E-state index in [9.17, 15) is 0 Å². The standard InChI is InChI=1S/C17H28N2/c1-3-4-11-19-12-9-17(14-18,10-13-19)16-8-6-5-7-15(16)2/h5-8H,3-4,9-14,18H2,1-2H3. The molecule has 2 rings (SSSR count). The fourth-order valence-corrected chi connectivity index (χ4v) is 3.34. The Morgan fingerprint density at radius 3 is 2.47 bits per heavy atom. The number of nitrogens with zero attached hydrogens (tertiary/aromatic N) is 1. The molecule has 1 heterocycles. The van der Waals surface area contributed by atoms with E-state index in [4.69, 9.17) is 5.73 Å². The second kappa shape index (κ2) is 6.53. The van der Waals surface area contributed by atoms with Gasteiger partial charge in [-0.3, -0.25) is 0 Å². The van der Waals surface area contributed by atoms with Gasteiger partial charge in [0, 0.05) is 12.0 Å². The van der Waals surface area contributed by atoms with Crippen LogP contribution in [0.3, 0.4) is 0 Å². The van der Waals surface area contributed by atoms with Crippen molar-refractivity contribution in [2.45, 2.75) is 44.9 Å². The Labute approximate surface area is 118 Å². The van der Waals surface area contributed by atoms with Crippen molar-refractivity contribution in [3.63, 3.8) is 0 Å². The van der Waals surface area contributed by atoms with E-state index in [-0.39, 0.29) is 5.41 Å². The Morgan fingerprint density at radius 2 is 1.89 bits per heavy atom. The Hall–Kier alpha value is -0.860. The van der Waals surface area contributed by atoms with Gasteiger partial charge in [0.25, 0.3) is 0 Å². The van der Waals surface area contributed by atoms with Crippen molar-refractivity contribution < 1.29 is 0 Å². The minimum atomic E-state index is 0.216. The molecule has 0 saturated carbocycles. The molecule has 2 nitrogen and oxygen atoms in total. The van der Waals surface area contributed by atoms with Crippen molar-refractivity contribution in [2.24, 2.45) is 5.73 Å². The molecule has 2 N–H and O–H groups in total.